The van der Waals surface area contributed by atoms with E-state index in [1.54, 1.807) is 6.07 Å². The van der Waals surface area contributed by atoms with E-state index in [1.165, 1.54) is 32.4 Å². The van der Waals surface area contributed by atoms with Gasteiger partial charge in [0.2, 0.25) is 0 Å². The van der Waals surface area contributed by atoms with Crippen molar-refractivity contribution in [3.8, 4) is 0 Å². The Morgan fingerprint density at radius 2 is 1.88 bits per heavy atom. The molecule has 0 unspecified atom stereocenters. The number of rotatable bonds is 4. The van der Waals surface area contributed by atoms with Crippen molar-refractivity contribution in [1.82, 2.24) is 9.47 Å². The number of hydrogen-bond donors (Lipinski definition) is 0. The van der Waals surface area contributed by atoms with Crippen LogP contribution < -0.4 is 5.56 Å². The third kappa shape index (κ3) is 4.10. The van der Waals surface area contributed by atoms with Crippen LogP contribution in [0.3, 0.4) is 0 Å². The molecular formula is C13H19IN2O. The summed E-state index contributed by atoms with van der Waals surface area (Å²) in [7, 11) is 0. The third-order valence-corrected chi connectivity index (χ3v) is 3.91. The van der Waals surface area contributed by atoms with E-state index in [0.29, 0.717) is 0 Å². The second kappa shape index (κ2) is 6.54. The van der Waals surface area contributed by atoms with Gasteiger partial charge in [-0.3, -0.25) is 4.79 Å². The fourth-order valence-corrected chi connectivity index (χ4v) is 2.84. The van der Waals surface area contributed by atoms with Crippen LogP contribution in [0.15, 0.2) is 23.1 Å². The van der Waals surface area contributed by atoms with Crippen molar-refractivity contribution >= 4 is 22.6 Å². The normalized spacial score (nSPS) is 17.2. The van der Waals surface area contributed by atoms with Gasteiger partial charge >= 0.3 is 0 Å². The average Bonchev–Trinajstić information content (AvgIpc) is 2.35. The predicted molar refractivity (Wildman–Crippen MR) is 78.3 cm³/mol. The number of hydrogen-bond acceptors (Lipinski definition) is 2. The first-order valence-electron chi connectivity index (χ1n) is 6.34. The summed E-state index contributed by atoms with van der Waals surface area (Å²) in [5.41, 5.74) is 0.115. The molecule has 0 saturated carbocycles. The molecular weight excluding hydrogens is 327 g/mol. The first kappa shape index (κ1) is 13.1. The largest absolute Gasteiger partial charge is 0.314 e. The third-order valence-electron chi connectivity index (χ3n) is 3.27. The van der Waals surface area contributed by atoms with E-state index in [4.69, 9.17) is 0 Å². The van der Waals surface area contributed by atoms with Crippen LogP contribution in [0.2, 0.25) is 0 Å². The van der Waals surface area contributed by atoms with Gasteiger partial charge in [-0.05, 0) is 67.6 Å². The summed E-state index contributed by atoms with van der Waals surface area (Å²) in [6, 6.07) is 3.52. The minimum atomic E-state index is 0.115. The molecule has 2 rings (SSSR count). The highest BCUT2D eigenvalue weighted by atomic mass is 127. The number of likely N-dealkylation sites (tertiary alicyclic amines) is 1. The van der Waals surface area contributed by atoms with Gasteiger partial charge in [0.15, 0.2) is 0 Å². The lowest BCUT2D eigenvalue weighted by atomic mass is 10.1. The summed E-state index contributed by atoms with van der Waals surface area (Å²) in [5, 5.41) is 0. The molecule has 1 fully saturated rings. The maximum Gasteiger partial charge on any atom is 0.250 e. The number of piperidine rings is 1. The molecule has 3 nitrogen and oxygen atoms in total. The van der Waals surface area contributed by atoms with E-state index in [-0.39, 0.29) is 5.56 Å². The Balaban J connectivity index is 1.81. The summed E-state index contributed by atoms with van der Waals surface area (Å²) >= 11 is 2.25. The molecule has 0 radical (unpaired) electrons. The van der Waals surface area contributed by atoms with Crippen LogP contribution in [0, 0.1) is 3.57 Å². The second-order valence-electron chi connectivity index (χ2n) is 4.63. The second-order valence-corrected chi connectivity index (χ2v) is 5.88. The highest BCUT2D eigenvalue weighted by molar-refractivity contribution is 14.1. The number of pyridine rings is 1. The van der Waals surface area contributed by atoms with E-state index in [0.717, 1.165) is 23.1 Å². The molecule has 17 heavy (non-hydrogen) atoms. The molecule has 4 heteroatoms. The molecule has 0 spiro atoms. The fraction of sp³-hybridized carbons (Fsp3) is 0.615. The van der Waals surface area contributed by atoms with E-state index < -0.39 is 0 Å². The maximum absolute atomic E-state index is 11.6. The lowest BCUT2D eigenvalue weighted by Gasteiger charge is -2.26. The fourth-order valence-electron chi connectivity index (χ4n) is 2.32. The Labute approximate surface area is 116 Å². The molecule has 2 heterocycles. The zero-order valence-corrected chi connectivity index (χ0v) is 12.2. The van der Waals surface area contributed by atoms with Crippen LogP contribution >= 0.6 is 22.6 Å². The van der Waals surface area contributed by atoms with Crippen molar-refractivity contribution in [2.24, 2.45) is 0 Å². The number of nitrogens with zero attached hydrogens (tertiary/aromatic N) is 2. The topological polar surface area (TPSA) is 25.2 Å². The van der Waals surface area contributed by atoms with Gasteiger partial charge in [-0.1, -0.05) is 6.42 Å². The van der Waals surface area contributed by atoms with Crippen LogP contribution in [-0.4, -0.2) is 29.1 Å². The SMILES string of the molecule is O=c1ccc(I)cn1CCCN1CCCCC1. The zero-order valence-electron chi connectivity index (χ0n) is 10.1. The Morgan fingerprint density at radius 1 is 1.12 bits per heavy atom. The van der Waals surface area contributed by atoms with Crippen LogP contribution in [0.25, 0.3) is 0 Å². The standard InChI is InChI=1S/C13H19IN2O/c14-12-5-6-13(17)16(11-12)10-4-9-15-7-2-1-3-8-15/h5-6,11H,1-4,7-10H2. The Bertz CT molecular complexity index is 410. The molecule has 1 aromatic heterocycles. The summed E-state index contributed by atoms with van der Waals surface area (Å²) in [5.74, 6) is 0. The lowest BCUT2D eigenvalue weighted by molar-refractivity contribution is 0.222. The molecule has 1 saturated heterocycles. The minimum absolute atomic E-state index is 0.115. The van der Waals surface area contributed by atoms with Gasteiger partial charge in [-0.25, -0.2) is 0 Å². The van der Waals surface area contributed by atoms with Gasteiger partial charge in [-0.15, -0.1) is 0 Å². The van der Waals surface area contributed by atoms with Gasteiger partial charge < -0.3 is 9.47 Å². The molecule has 0 bridgehead atoms. The first-order valence-corrected chi connectivity index (χ1v) is 7.42. The molecule has 0 aliphatic carbocycles. The molecule has 0 atom stereocenters. The molecule has 1 aromatic rings. The van der Waals surface area contributed by atoms with Crippen molar-refractivity contribution in [3.05, 3.63) is 32.3 Å². The van der Waals surface area contributed by atoms with Gasteiger partial charge in [0.1, 0.15) is 0 Å². The smallest absolute Gasteiger partial charge is 0.250 e. The zero-order chi connectivity index (χ0) is 12.1. The highest BCUT2D eigenvalue weighted by Crippen LogP contribution is 2.09. The highest BCUT2D eigenvalue weighted by Gasteiger charge is 2.09. The minimum Gasteiger partial charge on any atom is -0.314 e. The van der Waals surface area contributed by atoms with Gasteiger partial charge in [0, 0.05) is 22.4 Å². The lowest BCUT2D eigenvalue weighted by Crippen LogP contribution is -2.31. The number of halogens is 1. The van der Waals surface area contributed by atoms with Crippen molar-refractivity contribution in [2.45, 2.75) is 32.2 Å². The summed E-state index contributed by atoms with van der Waals surface area (Å²) in [4.78, 5) is 14.1. The van der Waals surface area contributed by atoms with Gasteiger partial charge in [0.05, 0.1) is 0 Å². The quantitative estimate of drug-likeness (QED) is 0.782. The van der Waals surface area contributed by atoms with Crippen LogP contribution in [0.5, 0.6) is 0 Å². The van der Waals surface area contributed by atoms with E-state index >= 15 is 0 Å². The molecule has 0 amide bonds. The monoisotopic (exact) mass is 346 g/mol. The maximum atomic E-state index is 11.6. The summed E-state index contributed by atoms with van der Waals surface area (Å²) < 4.78 is 2.95. The van der Waals surface area contributed by atoms with Crippen molar-refractivity contribution < 1.29 is 0 Å². The van der Waals surface area contributed by atoms with E-state index in [1.807, 2.05) is 16.8 Å². The Kier molecular flexibility index (Phi) is 5.03. The van der Waals surface area contributed by atoms with E-state index in [2.05, 4.69) is 27.5 Å². The Morgan fingerprint density at radius 3 is 2.65 bits per heavy atom. The van der Waals surface area contributed by atoms with Crippen molar-refractivity contribution in [1.29, 1.82) is 0 Å². The summed E-state index contributed by atoms with van der Waals surface area (Å²) in [6.45, 7) is 4.44. The van der Waals surface area contributed by atoms with Gasteiger partial charge in [0.25, 0.3) is 5.56 Å². The summed E-state index contributed by atoms with van der Waals surface area (Å²) in [6.07, 6.45) is 7.07. The van der Waals surface area contributed by atoms with Gasteiger partial charge in [-0.2, -0.15) is 0 Å². The number of aromatic nitrogens is 1. The molecule has 0 aromatic carbocycles. The van der Waals surface area contributed by atoms with E-state index in [9.17, 15) is 4.79 Å². The molecule has 0 N–H and O–H groups in total. The first-order chi connectivity index (χ1) is 8.25. The average molecular weight is 346 g/mol. The molecule has 94 valence electrons. The van der Waals surface area contributed by atoms with Crippen molar-refractivity contribution in [3.63, 3.8) is 0 Å². The van der Waals surface area contributed by atoms with Crippen LogP contribution in [0.4, 0.5) is 0 Å². The number of aryl methyl sites for hydroxylation is 1. The van der Waals surface area contributed by atoms with Crippen molar-refractivity contribution in [2.75, 3.05) is 19.6 Å². The molecule has 1 aliphatic heterocycles. The Hall–Kier alpha value is -0.360. The predicted octanol–water partition coefficient (Wildman–Crippen LogP) is 2.33. The van der Waals surface area contributed by atoms with Crippen LogP contribution in [0.1, 0.15) is 25.7 Å². The molecule has 1 aliphatic rings. The van der Waals surface area contributed by atoms with Crippen LogP contribution in [-0.2, 0) is 6.54 Å².